The van der Waals surface area contributed by atoms with Crippen LogP contribution in [0.25, 0.3) is 0 Å². The number of halogens is 1. The lowest BCUT2D eigenvalue weighted by Gasteiger charge is -1.99. The van der Waals surface area contributed by atoms with Gasteiger partial charge in [-0.2, -0.15) is 0 Å². The first kappa shape index (κ1) is 7.63. The number of allylic oxidation sites excluding steroid dienone is 2. The molecule has 0 spiro atoms. The zero-order chi connectivity index (χ0) is 6.62. The molecule has 0 amide bonds. The molecule has 0 aliphatic rings. The van der Waals surface area contributed by atoms with E-state index in [9.17, 15) is 4.11 Å². The fourth-order valence-electron chi connectivity index (χ4n) is 0.297. The van der Waals surface area contributed by atoms with Gasteiger partial charge < -0.3 is 4.11 Å². The smallest absolute Gasteiger partial charge is 0.264 e. The summed E-state index contributed by atoms with van der Waals surface area (Å²) in [6.07, 6.45) is 3.25. The van der Waals surface area contributed by atoms with Crippen molar-refractivity contribution in [3.05, 3.63) is 24.4 Å². The minimum atomic E-state index is -2.43. The van der Waals surface area contributed by atoms with Gasteiger partial charge in [0.1, 0.15) is 0 Å². The van der Waals surface area contributed by atoms with Crippen LogP contribution in [0, 0.1) is 0 Å². The minimum Gasteiger partial charge on any atom is -0.309 e. The van der Waals surface area contributed by atoms with E-state index in [0.29, 0.717) is 0 Å². The van der Waals surface area contributed by atoms with E-state index in [-0.39, 0.29) is 0 Å². The van der Waals surface area contributed by atoms with E-state index in [1.807, 2.05) is 0 Å². The van der Waals surface area contributed by atoms with Gasteiger partial charge in [0.2, 0.25) is 0 Å². The van der Waals surface area contributed by atoms with Gasteiger partial charge in [-0.25, -0.2) is 0 Å². The molecule has 46 valence electrons. The van der Waals surface area contributed by atoms with Crippen LogP contribution in [0.3, 0.4) is 0 Å². The molecule has 0 aromatic heterocycles. The standard InChI is InChI=1S/C6H11FSi/c1-4-5-6-8(2,3)7/h4-6H,1H2,2-3H3/b6-5+. The van der Waals surface area contributed by atoms with E-state index in [0.717, 1.165) is 0 Å². The largest absolute Gasteiger partial charge is 0.309 e. The van der Waals surface area contributed by atoms with Crippen LogP contribution in [0.4, 0.5) is 4.11 Å². The molecule has 0 aliphatic carbocycles. The van der Waals surface area contributed by atoms with Crippen molar-refractivity contribution in [3.63, 3.8) is 0 Å². The highest BCUT2D eigenvalue weighted by molar-refractivity contribution is 6.75. The zero-order valence-corrected chi connectivity index (χ0v) is 6.32. The molecule has 0 aromatic rings. The van der Waals surface area contributed by atoms with Crippen LogP contribution < -0.4 is 0 Å². The van der Waals surface area contributed by atoms with Crippen molar-refractivity contribution in [3.8, 4) is 0 Å². The van der Waals surface area contributed by atoms with Crippen LogP contribution in [-0.2, 0) is 0 Å². The fourth-order valence-corrected chi connectivity index (χ4v) is 0.891. The number of hydrogen-bond donors (Lipinski definition) is 0. The van der Waals surface area contributed by atoms with Crippen molar-refractivity contribution in [2.45, 2.75) is 13.1 Å². The van der Waals surface area contributed by atoms with Crippen LogP contribution in [0.2, 0.25) is 13.1 Å². The van der Waals surface area contributed by atoms with Gasteiger partial charge in [0, 0.05) is 0 Å². The summed E-state index contributed by atoms with van der Waals surface area (Å²) in [4.78, 5) is 0. The Kier molecular flexibility index (Phi) is 2.69. The maximum absolute atomic E-state index is 12.6. The van der Waals surface area contributed by atoms with Crippen LogP contribution in [-0.4, -0.2) is 8.41 Å². The van der Waals surface area contributed by atoms with Crippen LogP contribution in [0.1, 0.15) is 0 Å². The monoisotopic (exact) mass is 130 g/mol. The molecule has 0 nitrogen and oxygen atoms in total. The Morgan fingerprint density at radius 3 is 2.12 bits per heavy atom. The van der Waals surface area contributed by atoms with Gasteiger partial charge in [0.15, 0.2) is 0 Å². The van der Waals surface area contributed by atoms with Crippen LogP contribution >= 0.6 is 0 Å². The van der Waals surface area contributed by atoms with E-state index >= 15 is 0 Å². The fraction of sp³-hybridized carbons (Fsp3) is 0.333. The minimum absolute atomic E-state index is 1.59. The predicted molar refractivity (Wildman–Crippen MR) is 37.9 cm³/mol. The lowest BCUT2D eigenvalue weighted by atomic mass is 10.6. The molecule has 0 heterocycles. The summed E-state index contributed by atoms with van der Waals surface area (Å²) < 4.78 is 12.6. The second-order valence-corrected chi connectivity index (χ2v) is 5.62. The normalized spacial score (nSPS) is 12.4. The molecular formula is C6H11FSi. The summed E-state index contributed by atoms with van der Waals surface area (Å²) in [6.45, 7) is 6.70. The molecule has 0 atom stereocenters. The molecule has 8 heavy (non-hydrogen) atoms. The van der Waals surface area contributed by atoms with Crippen molar-refractivity contribution in [2.24, 2.45) is 0 Å². The second-order valence-electron chi connectivity index (χ2n) is 2.16. The molecule has 0 bridgehead atoms. The van der Waals surface area contributed by atoms with E-state index in [1.165, 1.54) is 0 Å². The first-order chi connectivity index (χ1) is 3.56. The van der Waals surface area contributed by atoms with E-state index in [4.69, 9.17) is 0 Å². The zero-order valence-electron chi connectivity index (χ0n) is 5.32. The Morgan fingerprint density at radius 1 is 1.50 bits per heavy atom. The third-order valence-corrected chi connectivity index (χ3v) is 1.61. The van der Waals surface area contributed by atoms with Gasteiger partial charge in [0.05, 0.1) is 0 Å². The van der Waals surface area contributed by atoms with Gasteiger partial charge in [-0.3, -0.25) is 0 Å². The summed E-state index contributed by atoms with van der Waals surface area (Å²) in [7, 11) is -2.43. The van der Waals surface area contributed by atoms with Crippen molar-refractivity contribution >= 4 is 8.41 Å². The maximum atomic E-state index is 12.6. The van der Waals surface area contributed by atoms with E-state index < -0.39 is 8.41 Å². The lowest BCUT2D eigenvalue weighted by molar-refractivity contribution is 0.820. The third kappa shape index (κ3) is 5.63. The molecular weight excluding hydrogens is 119 g/mol. The molecule has 0 saturated carbocycles. The SMILES string of the molecule is C=C/C=C/[Si](C)(C)F. The van der Waals surface area contributed by atoms with Gasteiger partial charge in [-0.05, 0) is 13.1 Å². The predicted octanol–water partition coefficient (Wildman–Crippen LogP) is 2.44. The third-order valence-electron chi connectivity index (χ3n) is 0.629. The van der Waals surface area contributed by atoms with Gasteiger partial charge in [-0.1, -0.05) is 24.4 Å². The number of rotatable bonds is 2. The summed E-state index contributed by atoms with van der Waals surface area (Å²) in [5, 5.41) is 0. The van der Waals surface area contributed by atoms with E-state index in [2.05, 4.69) is 6.58 Å². The van der Waals surface area contributed by atoms with Gasteiger partial charge in [0.25, 0.3) is 8.41 Å². The number of hydrogen-bond acceptors (Lipinski definition) is 0. The average molecular weight is 130 g/mol. The highest BCUT2D eigenvalue weighted by Crippen LogP contribution is 2.03. The summed E-state index contributed by atoms with van der Waals surface area (Å²) in [5.74, 6) is 0. The summed E-state index contributed by atoms with van der Waals surface area (Å²) in [6, 6.07) is 0. The Balaban J connectivity index is 3.69. The topological polar surface area (TPSA) is 0 Å². The van der Waals surface area contributed by atoms with Crippen molar-refractivity contribution < 1.29 is 4.11 Å². The molecule has 2 heteroatoms. The van der Waals surface area contributed by atoms with Crippen molar-refractivity contribution in [1.29, 1.82) is 0 Å². The molecule has 0 radical (unpaired) electrons. The van der Waals surface area contributed by atoms with Crippen LogP contribution in [0.15, 0.2) is 24.4 Å². The first-order valence-electron chi connectivity index (χ1n) is 2.55. The lowest BCUT2D eigenvalue weighted by Crippen LogP contribution is -2.13. The average Bonchev–Trinajstić information content (AvgIpc) is 1.59. The molecule has 0 aromatic carbocycles. The molecule has 0 saturated heterocycles. The first-order valence-corrected chi connectivity index (χ1v) is 5.51. The highest BCUT2D eigenvalue weighted by atomic mass is 28.4. The second kappa shape index (κ2) is 2.82. The van der Waals surface area contributed by atoms with Crippen LogP contribution in [0.5, 0.6) is 0 Å². The summed E-state index contributed by atoms with van der Waals surface area (Å²) >= 11 is 0. The highest BCUT2D eigenvalue weighted by Gasteiger charge is 2.13. The molecule has 0 N–H and O–H groups in total. The van der Waals surface area contributed by atoms with E-state index in [1.54, 1.807) is 30.9 Å². The molecule has 0 fully saturated rings. The quantitative estimate of drug-likeness (QED) is 0.306. The Bertz CT molecular complexity index is 99.6. The Hall–Kier alpha value is -0.373. The maximum Gasteiger partial charge on any atom is 0.264 e. The Labute approximate surface area is 50.9 Å². The molecule has 0 aliphatic heterocycles. The van der Waals surface area contributed by atoms with Crippen molar-refractivity contribution in [1.82, 2.24) is 0 Å². The molecule has 0 unspecified atom stereocenters. The van der Waals surface area contributed by atoms with Gasteiger partial charge in [-0.15, -0.1) is 0 Å². The van der Waals surface area contributed by atoms with Crippen molar-refractivity contribution in [2.75, 3.05) is 0 Å². The summed E-state index contributed by atoms with van der Waals surface area (Å²) in [5.41, 5.74) is 1.60. The Morgan fingerprint density at radius 2 is 2.00 bits per heavy atom. The molecule has 0 rings (SSSR count). The van der Waals surface area contributed by atoms with Gasteiger partial charge >= 0.3 is 0 Å².